The number of imidazole rings is 1. The average Bonchev–Trinajstić information content (AvgIpc) is 3.60. The van der Waals surface area contributed by atoms with Gasteiger partial charge in [-0.1, -0.05) is 68.4 Å². The largest absolute Gasteiger partial charge is 0.352 e. The Kier molecular flexibility index (Phi) is 7.19. The molecule has 0 radical (unpaired) electrons. The van der Waals surface area contributed by atoms with E-state index in [0.29, 0.717) is 31.3 Å². The van der Waals surface area contributed by atoms with Crippen LogP contribution in [0.1, 0.15) is 50.6 Å². The molecule has 1 unspecified atom stereocenters. The minimum Gasteiger partial charge on any atom is -0.352 e. The Labute approximate surface area is 217 Å². The molecule has 3 heterocycles. The van der Waals surface area contributed by atoms with Gasteiger partial charge in [-0.2, -0.15) is 4.98 Å². The summed E-state index contributed by atoms with van der Waals surface area (Å²) in [5.41, 5.74) is 4.38. The fraction of sp³-hybridized carbons (Fsp3) is 0.379. The SMILES string of the molecule is CC(C)(C)c1ccc(-c2noc(CN3CCCC(C(=O)NCc4ccccc4-n4ccnc4)C3)n2)cc1. The number of amides is 1. The number of aromatic nitrogens is 4. The Morgan fingerprint density at radius 3 is 2.70 bits per heavy atom. The first kappa shape index (κ1) is 24.9. The quantitative estimate of drug-likeness (QED) is 0.396. The Morgan fingerprint density at radius 1 is 1.14 bits per heavy atom. The zero-order valence-electron chi connectivity index (χ0n) is 21.7. The predicted octanol–water partition coefficient (Wildman–Crippen LogP) is 4.75. The van der Waals surface area contributed by atoms with Gasteiger partial charge in [0.05, 0.1) is 24.5 Å². The third-order valence-corrected chi connectivity index (χ3v) is 6.94. The van der Waals surface area contributed by atoms with Crippen molar-refractivity contribution in [3.8, 4) is 17.1 Å². The van der Waals surface area contributed by atoms with Crippen LogP contribution in [-0.4, -0.2) is 43.6 Å². The van der Waals surface area contributed by atoms with Crippen LogP contribution in [0.5, 0.6) is 0 Å². The van der Waals surface area contributed by atoms with Gasteiger partial charge in [0, 0.05) is 31.0 Å². The number of hydrogen-bond donors (Lipinski definition) is 1. The van der Waals surface area contributed by atoms with Crippen molar-refractivity contribution in [3.63, 3.8) is 0 Å². The standard InChI is InChI=1S/C29H34N6O2/c1-29(2,3)24-12-10-21(11-13-24)27-32-26(37-33-27)19-34-15-6-8-23(18-34)28(36)31-17-22-7-4-5-9-25(22)35-16-14-30-20-35/h4-5,7,9-14,16,20,23H,6,8,15,17-19H2,1-3H3,(H,31,36). The molecule has 2 aromatic carbocycles. The summed E-state index contributed by atoms with van der Waals surface area (Å²) in [6.45, 7) is 9.19. The van der Waals surface area contributed by atoms with Gasteiger partial charge in [0.15, 0.2) is 0 Å². The van der Waals surface area contributed by atoms with Crippen molar-refractivity contribution in [3.05, 3.63) is 84.3 Å². The number of carbonyl (C=O) groups is 1. The summed E-state index contributed by atoms with van der Waals surface area (Å²) in [5, 5.41) is 7.34. The molecule has 1 amide bonds. The van der Waals surface area contributed by atoms with Crippen LogP contribution in [0.3, 0.4) is 0 Å². The molecule has 37 heavy (non-hydrogen) atoms. The molecule has 2 aromatic heterocycles. The van der Waals surface area contributed by atoms with Crippen molar-refractivity contribution < 1.29 is 9.32 Å². The highest BCUT2D eigenvalue weighted by Crippen LogP contribution is 2.25. The Morgan fingerprint density at radius 2 is 1.95 bits per heavy atom. The number of nitrogens with one attached hydrogen (secondary N) is 1. The fourth-order valence-electron chi connectivity index (χ4n) is 4.80. The number of hydrogen-bond acceptors (Lipinski definition) is 6. The molecule has 4 aromatic rings. The number of benzene rings is 2. The van der Waals surface area contributed by atoms with Gasteiger partial charge in [-0.3, -0.25) is 9.69 Å². The first-order chi connectivity index (χ1) is 17.9. The van der Waals surface area contributed by atoms with Crippen molar-refractivity contribution in [2.75, 3.05) is 13.1 Å². The molecule has 1 saturated heterocycles. The molecule has 1 fully saturated rings. The summed E-state index contributed by atoms with van der Waals surface area (Å²) in [4.78, 5) is 24.0. The van der Waals surface area contributed by atoms with Crippen molar-refractivity contribution >= 4 is 5.91 Å². The van der Waals surface area contributed by atoms with Gasteiger partial charge >= 0.3 is 0 Å². The van der Waals surface area contributed by atoms with Gasteiger partial charge < -0.3 is 14.4 Å². The number of piperidine rings is 1. The van der Waals surface area contributed by atoms with Crippen molar-refractivity contribution in [2.45, 2.75) is 52.1 Å². The van der Waals surface area contributed by atoms with Crippen LogP contribution >= 0.6 is 0 Å². The molecular formula is C29H34N6O2. The number of rotatable bonds is 7. The zero-order chi connectivity index (χ0) is 25.8. The maximum atomic E-state index is 13.0. The van der Waals surface area contributed by atoms with E-state index in [4.69, 9.17) is 4.52 Å². The zero-order valence-corrected chi connectivity index (χ0v) is 21.7. The van der Waals surface area contributed by atoms with Gasteiger partial charge in [0.1, 0.15) is 0 Å². The normalized spacial score (nSPS) is 16.6. The van der Waals surface area contributed by atoms with E-state index in [9.17, 15) is 4.79 Å². The molecule has 1 aliphatic heterocycles. The number of likely N-dealkylation sites (tertiary alicyclic amines) is 1. The number of nitrogens with zero attached hydrogens (tertiary/aromatic N) is 5. The first-order valence-electron chi connectivity index (χ1n) is 12.9. The van der Waals surface area contributed by atoms with E-state index in [1.165, 1.54) is 5.56 Å². The highest BCUT2D eigenvalue weighted by atomic mass is 16.5. The molecule has 8 nitrogen and oxygen atoms in total. The van der Waals surface area contributed by atoms with Crippen LogP contribution in [0.4, 0.5) is 0 Å². The van der Waals surface area contributed by atoms with E-state index in [0.717, 1.165) is 36.2 Å². The molecular weight excluding hydrogens is 464 g/mol. The lowest BCUT2D eigenvalue weighted by Crippen LogP contribution is -2.42. The Hall–Kier alpha value is -3.78. The average molecular weight is 499 g/mol. The van der Waals surface area contributed by atoms with Crippen molar-refractivity contribution in [1.82, 2.24) is 29.9 Å². The van der Waals surface area contributed by atoms with E-state index in [1.54, 1.807) is 12.5 Å². The van der Waals surface area contributed by atoms with Gasteiger partial charge in [-0.25, -0.2) is 4.98 Å². The molecule has 192 valence electrons. The molecule has 0 saturated carbocycles. The summed E-state index contributed by atoms with van der Waals surface area (Å²) < 4.78 is 7.52. The molecule has 0 spiro atoms. The maximum absolute atomic E-state index is 13.0. The summed E-state index contributed by atoms with van der Waals surface area (Å²) in [7, 11) is 0. The van der Waals surface area contributed by atoms with Crippen molar-refractivity contribution in [2.24, 2.45) is 5.92 Å². The molecule has 8 heteroatoms. The minimum absolute atomic E-state index is 0.0681. The third kappa shape index (κ3) is 5.97. The van der Waals surface area contributed by atoms with Gasteiger partial charge in [0.2, 0.25) is 17.6 Å². The predicted molar refractivity (Wildman–Crippen MR) is 142 cm³/mol. The van der Waals surface area contributed by atoms with E-state index in [-0.39, 0.29) is 17.2 Å². The second kappa shape index (κ2) is 10.7. The lowest BCUT2D eigenvalue weighted by Gasteiger charge is -2.30. The summed E-state index contributed by atoms with van der Waals surface area (Å²) in [6, 6.07) is 16.4. The number of carbonyl (C=O) groups excluding carboxylic acids is 1. The van der Waals surface area contributed by atoms with Crippen LogP contribution in [0.15, 0.2) is 71.8 Å². The van der Waals surface area contributed by atoms with Crippen LogP contribution in [-0.2, 0) is 23.3 Å². The van der Waals surface area contributed by atoms with Crippen LogP contribution < -0.4 is 5.32 Å². The highest BCUT2D eigenvalue weighted by Gasteiger charge is 2.27. The molecule has 1 aliphatic rings. The monoisotopic (exact) mass is 498 g/mol. The van der Waals surface area contributed by atoms with Crippen LogP contribution in [0, 0.1) is 5.92 Å². The second-order valence-corrected chi connectivity index (χ2v) is 10.7. The van der Waals surface area contributed by atoms with Crippen molar-refractivity contribution in [1.29, 1.82) is 0 Å². The van der Waals surface area contributed by atoms with Crippen LogP contribution in [0.2, 0.25) is 0 Å². The Balaban J connectivity index is 1.17. The van der Waals surface area contributed by atoms with Gasteiger partial charge in [-0.05, 0) is 42.0 Å². The van der Waals surface area contributed by atoms with Gasteiger partial charge in [0.25, 0.3) is 0 Å². The smallest absolute Gasteiger partial charge is 0.241 e. The molecule has 1 atom stereocenters. The molecule has 5 rings (SSSR count). The topological polar surface area (TPSA) is 89.1 Å². The summed E-state index contributed by atoms with van der Waals surface area (Å²) >= 11 is 0. The summed E-state index contributed by atoms with van der Waals surface area (Å²) in [6.07, 6.45) is 7.26. The highest BCUT2D eigenvalue weighted by molar-refractivity contribution is 5.79. The number of para-hydroxylation sites is 1. The van der Waals surface area contributed by atoms with E-state index < -0.39 is 0 Å². The van der Waals surface area contributed by atoms with E-state index in [1.807, 2.05) is 47.2 Å². The maximum Gasteiger partial charge on any atom is 0.241 e. The minimum atomic E-state index is -0.0681. The second-order valence-electron chi connectivity index (χ2n) is 10.7. The van der Waals surface area contributed by atoms with Gasteiger partial charge in [-0.15, -0.1) is 0 Å². The third-order valence-electron chi connectivity index (χ3n) is 6.94. The molecule has 0 bridgehead atoms. The lowest BCUT2D eigenvalue weighted by atomic mass is 9.87. The Bertz CT molecular complexity index is 1320. The summed E-state index contributed by atoms with van der Waals surface area (Å²) in [5.74, 6) is 1.18. The van der Waals surface area contributed by atoms with Crippen LogP contribution in [0.25, 0.3) is 17.1 Å². The lowest BCUT2D eigenvalue weighted by molar-refractivity contribution is -0.127. The van der Waals surface area contributed by atoms with E-state index >= 15 is 0 Å². The first-order valence-corrected chi connectivity index (χ1v) is 12.9. The van der Waals surface area contributed by atoms with E-state index in [2.05, 4.69) is 58.2 Å². The molecule has 0 aliphatic carbocycles. The fourth-order valence-corrected chi connectivity index (χ4v) is 4.80. The molecule has 1 N–H and O–H groups in total.